The average Bonchev–Trinajstić information content (AvgIpc) is 3.24. The van der Waals surface area contributed by atoms with Crippen molar-refractivity contribution in [1.29, 1.82) is 0 Å². The summed E-state index contributed by atoms with van der Waals surface area (Å²) in [6, 6.07) is 17.0. The van der Waals surface area contributed by atoms with Crippen molar-refractivity contribution in [2.45, 2.75) is 38.0 Å². The van der Waals surface area contributed by atoms with Crippen molar-refractivity contribution in [2.24, 2.45) is 0 Å². The second kappa shape index (κ2) is 8.55. The highest BCUT2D eigenvalue weighted by Crippen LogP contribution is 2.36. The monoisotopic (exact) mass is 416 g/mol. The van der Waals surface area contributed by atoms with E-state index >= 15 is 0 Å². The minimum atomic E-state index is -0.706. The molecule has 1 unspecified atom stereocenters. The maximum atomic E-state index is 12.5. The van der Waals surface area contributed by atoms with Gasteiger partial charge in [-0.1, -0.05) is 37.3 Å². The predicted molar refractivity (Wildman–Crippen MR) is 117 cm³/mol. The number of anilines is 1. The largest absolute Gasteiger partial charge is 0.326 e. The van der Waals surface area contributed by atoms with Crippen LogP contribution in [0, 0.1) is 0 Å². The number of piperidine rings is 1. The Labute approximate surface area is 180 Å². The van der Waals surface area contributed by atoms with Crippen LogP contribution in [0.3, 0.4) is 0 Å². The van der Waals surface area contributed by atoms with E-state index in [1.807, 2.05) is 55.6 Å². The van der Waals surface area contributed by atoms with Gasteiger partial charge in [0.25, 0.3) is 0 Å². The van der Waals surface area contributed by atoms with Crippen LogP contribution in [0.15, 0.2) is 67.0 Å². The van der Waals surface area contributed by atoms with Crippen molar-refractivity contribution < 1.29 is 14.4 Å². The molecular formula is C24H24N4O3. The Bertz CT molecular complexity index is 1110. The van der Waals surface area contributed by atoms with Crippen molar-refractivity contribution in [3.63, 3.8) is 0 Å². The van der Waals surface area contributed by atoms with Gasteiger partial charge in [0.15, 0.2) is 0 Å². The molecule has 3 amide bonds. The summed E-state index contributed by atoms with van der Waals surface area (Å²) < 4.78 is 1.74. The lowest BCUT2D eigenvalue weighted by molar-refractivity contribution is -0.138. The molecule has 0 bridgehead atoms. The fourth-order valence-corrected chi connectivity index (χ4v) is 4.00. The van der Waals surface area contributed by atoms with Gasteiger partial charge in [0.1, 0.15) is 0 Å². The van der Waals surface area contributed by atoms with Crippen molar-refractivity contribution >= 4 is 23.4 Å². The second-order valence-corrected chi connectivity index (χ2v) is 7.74. The molecule has 0 spiro atoms. The molecule has 0 saturated carbocycles. The summed E-state index contributed by atoms with van der Waals surface area (Å²) in [5.74, 6) is -0.626. The zero-order valence-corrected chi connectivity index (χ0v) is 17.3. The van der Waals surface area contributed by atoms with Crippen LogP contribution in [0.25, 0.3) is 5.69 Å². The molecule has 4 rings (SSSR count). The number of rotatable bonds is 6. The van der Waals surface area contributed by atoms with Crippen LogP contribution in [-0.4, -0.2) is 27.5 Å². The van der Waals surface area contributed by atoms with Crippen LogP contribution in [0.1, 0.15) is 37.3 Å². The molecule has 2 heterocycles. The van der Waals surface area contributed by atoms with Crippen LogP contribution in [0.4, 0.5) is 5.69 Å². The Balaban J connectivity index is 1.41. The summed E-state index contributed by atoms with van der Waals surface area (Å²) in [4.78, 5) is 36.5. The Morgan fingerprint density at radius 2 is 1.87 bits per heavy atom. The van der Waals surface area contributed by atoms with Crippen molar-refractivity contribution in [1.82, 2.24) is 15.1 Å². The Morgan fingerprint density at radius 3 is 2.55 bits per heavy atom. The fraction of sp³-hybridized carbons (Fsp3) is 0.250. The lowest BCUT2D eigenvalue weighted by Gasteiger charge is -2.35. The van der Waals surface area contributed by atoms with Gasteiger partial charge in [-0.05, 0) is 48.2 Å². The summed E-state index contributed by atoms with van der Waals surface area (Å²) in [7, 11) is 0. The first-order chi connectivity index (χ1) is 15.0. The zero-order valence-electron chi connectivity index (χ0n) is 17.3. The van der Waals surface area contributed by atoms with E-state index in [-0.39, 0.29) is 24.1 Å². The summed E-state index contributed by atoms with van der Waals surface area (Å²) in [6.07, 6.45) is 5.15. The number of amides is 3. The quantitative estimate of drug-likeness (QED) is 0.604. The highest BCUT2D eigenvalue weighted by molar-refractivity contribution is 6.03. The number of hydrogen-bond donors (Lipinski definition) is 2. The molecule has 1 fully saturated rings. The minimum absolute atomic E-state index is 0.147. The molecule has 1 saturated heterocycles. The highest BCUT2D eigenvalue weighted by atomic mass is 16.2. The van der Waals surface area contributed by atoms with Gasteiger partial charge in [0.2, 0.25) is 17.7 Å². The van der Waals surface area contributed by atoms with E-state index in [0.29, 0.717) is 24.9 Å². The Kier molecular flexibility index (Phi) is 5.66. The number of benzene rings is 2. The summed E-state index contributed by atoms with van der Waals surface area (Å²) in [6.45, 7) is 1.95. The van der Waals surface area contributed by atoms with E-state index in [0.717, 1.165) is 16.8 Å². The standard InChI is InChI=1S/C24H24N4O3/c1-2-24(13-12-21(29)27-23(24)31)18-8-10-19(11-9-18)26-22(30)14-17-15-25-28(16-17)20-6-4-3-5-7-20/h3-11,15-16H,2,12-14H2,1H3,(H,26,30)(H,27,29,31). The zero-order chi connectivity index (χ0) is 21.8. The van der Waals surface area contributed by atoms with Gasteiger partial charge in [0, 0.05) is 18.3 Å². The SMILES string of the molecule is CCC1(c2ccc(NC(=O)Cc3cnn(-c4ccccc4)c3)cc2)CCC(=O)NC1=O. The average molecular weight is 416 g/mol. The molecule has 2 N–H and O–H groups in total. The number of carbonyl (C=O) groups is 3. The second-order valence-electron chi connectivity index (χ2n) is 7.74. The minimum Gasteiger partial charge on any atom is -0.326 e. The summed E-state index contributed by atoms with van der Waals surface area (Å²) in [5, 5.41) is 9.65. The van der Waals surface area contributed by atoms with Crippen LogP contribution < -0.4 is 10.6 Å². The number of para-hydroxylation sites is 1. The van der Waals surface area contributed by atoms with Gasteiger partial charge in [-0.2, -0.15) is 5.10 Å². The first-order valence-corrected chi connectivity index (χ1v) is 10.3. The molecular weight excluding hydrogens is 392 g/mol. The third kappa shape index (κ3) is 4.26. The Morgan fingerprint density at radius 1 is 1.13 bits per heavy atom. The summed E-state index contributed by atoms with van der Waals surface area (Å²) >= 11 is 0. The number of nitrogens with one attached hydrogen (secondary N) is 2. The van der Waals surface area contributed by atoms with Crippen molar-refractivity contribution in [2.75, 3.05) is 5.32 Å². The van der Waals surface area contributed by atoms with Gasteiger partial charge < -0.3 is 5.32 Å². The molecule has 1 aliphatic heterocycles. The first kappa shape index (κ1) is 20.5. The third-order valence-corrected chi connectivity index (χ3v) is 5.81. The van der Waals surface area contributed by atoms with Gasteiger partial charge >= 0.3 is 0 Å². The lowest BCUT2D eigenvalue weighted by atomic mass is 9.72. The first-order valence-electron chi connectivity index (χ1n) is 10.3. The molecule has 31 heavy (non-hydrogen) atoms. The topological polar surface area (TPSA) is 93.1 Å². The van der Waals surface area contributed by atoms with Gasteiger partial charge in [-0.3, -0.25) is 19.7 Å². The van der Waals surface area contributed by atoms with Gasteiger partial charge in [0.05, 0.1) is 23.7 Å². The molecule has 0 radical (unpaired) electrons. The lowest BCUT2D eigenvalue weighted by Crippen LogP contribution is -2.51. The normalized spacial score (nSPS) is 18.5. The molecule has 1 atom stereocenters. The number of imide groups is 1. The maximum absolute atomic E-state index is 12.5. The van der Waals surface area contributed by atoms with Crippen LogP contribution >= 0.6 is 0 Å². The number of aromatic nitrogens is 2. The fourth-order valence-electron chi connectivity index (χ4n) is 4.00. The smallest absolute Gasteiger partial charge is 0.237 e. The molecule has 2 aromatic carbocycles. The van der Waals surface area contributed by atoms with E-state index in [1.54, 1.807) is 23.0 Å². The Hall–Kier alpha value is -3.74. The maximum Gasteiger partial charge on any atom is 0.237 e. The molecule has 1 aliphatic rings. The molecule has 158 valence electrons. The van der Waals surface area contributed by atoms with Crippen molar-refractivity contribution in [3.05, 3.63) is 78.1 Å². The van der Waals surface area contributed by atoms with E-state index < -0.39 is 5.41 Å². The van der Waals surface area contributed by atoms with Crippen molar-refractivity contribution in [3.8, 4) is 5.69 Å². The number of hydrogen-bond acceptors (Lipinski definition) is 4. The molecule has 7 heteroatoms. The van der Waals surface area contributed by atoms with E-state index in [1.165, 1.54) is 0 Å². The van der Waals surface area contributed by atoms with Crippen LogP contribution in [-0.2, 0) is 26.2 Å². The highest BCUT2D eigenvalue weighted by Gasteiger charge is 2.42. The number of nitrogens with zero attached hydrogens (tertiary/aromatic N) is 2. The molecule has 1 aromatic heterocycles. The van der Waals surface area contributed by atoms with E-state index in [9.17, 15) is 14.4 Å². The molecule has 3 aromatic rings. The van der Waals surface area contributed by atoms with E-state index in [4.69, 9.17) is 0 Å². The van der Waals surface area contributed by atoms with Crippen LogP contribution in [0.5, 0.6) is 0 Å². The van der Waals surface area contributed by atoms with Gasteiger partial charge in [-0.25, -0.2) is 4.68 Å². The predicted octanol–water partition coefficient (Wildman–Crippen LogP) is 3.14. The summed E-state index contributed by atoms with van der Waals surface area (Å²) in [5.41, 5.74) is 2.54. The van der Waals surface area contributed by atoms with Crippen LogP contribution in [0.2, 0.25) is 0 Å². The third-order valence-electron chi connectivity index (χ3n) is 5.81. The molecule has 7 nitrogen and oxygen atoms in total. The van der Waals surface area contributed by atoms with E-state index in [2.05, 4.69) is 15.7 Å². The molecule has 0 aliphatic carbocycles. The number of carbonyl (C=O) groups excluding carboxylic acids is 3. The van der Waals surface area contributed by atoms with Gasteiger partial charge in [-0.15, -0.1) is 0 Å².